The highest BCUT2D eigenvalue weighted by molar-refractivity contribution is 9.10. The Kier molecular flexibility index (Phi) is 3.66. The van der Waals surface area contributed by atoms with Crippen molar-refractivity contribution >= 4 is 21.9 Å². The smallest absolute Gasteiger partial charge is 0.335 e. The van der Waals surface area contributed by atoms with Crippen LogP contribution in [0.5, 0.6) is 0 Å². The maximum absolute atomic E-state index is 14.3. The number of halogens is 3. The second-order valence-corrected chi connectivity index (χ2v) is 4.89. The largest absolute Gasteiger partial charge is 0.478 e. The predicted molar refractivity (Wildman–Crippen MR) is 70.5 cm³/mol. The van der Waals surface area contributed by atoms with Gasteiger partial charge in [0.25, 0.3) is 5.92 Å². The van der Waals surface area contributed by atoms with Crippen LogP contribution < -0.4 is 0 Å². The van der Waals surface area contributed by atoms with E-state index in [2.05, 4.69) is 15.9 Å². The zero-order chi connectivity index (χ0) is 14.0. The molecular weight excluding hydrogens is 318 g/mol. The van der Waals surface area contributed by atoms with Crippen molar-refractivity contribution < 1.29 is 18.7 Å². The van der Waals surface area contributed by atoms with E-state index < -0.39 is 11.9 Å². The molecular formula is C14H9BrF2O2. The molecule has 0 bridgehead atoms. The van der Waals surface area contributed by atoms with Crippen molar-refractivity contribution in [2.24, 2.45) is 0 Å². The number of alkyl halides is 2. The fourth-order valence-corrected chi connectivity index (χ4v) is 2.10. The maximum atomic E-state index is 14.3. The van der Waals surface area contributed by atoms with Crippen molar-refractivity contribution in [3.63, 3.8) is 0 Å². The molecule has 0 fully saturated rings. The number of carboxylic acid groups (broad SMARTS) is 1. The number of hydrogen-bond donors (Lipinski definition) is 1. The van der Waals surface area contributed by atoms with Crippen molar-refractivity contribution in [3.8, 4) is 0 Å². The van der Waals surface area contributed by atoms with Gasteiger partial charge in [0.2, 0.25) is 0 Å². The van der Waals surface area contributed by atoms with Gasteiger partial charge < -0.3 is 5.11 Å². The molecule has 0 atom stereocenters. The third kappa shape index (κ3) is 2.81. The highest BCUT2D eigenvalue weighted by Crippen LogP contribution is 2.36. The van der Waals surface area contributed by atoms with Crippen LogP contribution in [0.3, 0.4) is 0 Å². The van der Waals surface area contributed by atoms with Gasteiger partial charge in [-0.25, -0.2) is 4.79 Å². The molecule has 98 valence electrons. The molecule has 19 heavy (non-hydrogen) atoms. The fourth-order valence-electron chi connectivity index (χ4n) is 1.70. The second kappa shape index (κ2) is 5.09. The van der Waals surface area contributed by atoms with Crippen LogP contribution in [0.2, 0.25) is 0 Å². The summed E-state index contributed by atoms with van der Waals surface area (Å²) in [4.78, 5) is 10.8. The van der Waals surface area contributed by atoms with E-state index in [-0.39, 0.29) is 16.7 Å². The van der Waals surface area contributed by atoms with Crippen LogP contribution in [0.25, 0.3) is 0 Å². The Labute approximate surface area is 116 Å². The van der Waals surface area contributed by atoms with Gasteiger partial charge >= 0.3 is 5.97 Å². The van der Waals surface area contributed by atoms with E-state index in [0.717, 1.165) is 6.07 Å². The molecule has 0 spiro atoms. The predicted octanol–water partition coefficient (Wildman–Crippen LogP) is 4.29. The van der Waals surface area contributed by atoms with E-state index in [1.807, 2.05) is 0 Å². The minimum absolute atomic E-state index is 0.160. The van der Waals surface area contributed by atoms with Gasteiger partial charge in [0.15, 0.2) is 0 Å². The first-order valence-electron chi connectivity index (χ1n) is 5.39. The van der Waals surface area contributed by atoms with Gasteiger partial charge in [-0.2, -0.15) is 8.78 Å². The SMILES string of the molecule is O=C(O)c1cccc(C(F)(F)c2cccc(Br)c2)c1. The third-order valence-electron chi connectivity index (χ3n) is 2.66. The lowest BCUT2D eigenvalue weighted by Gasteiger charge is -2.17. The van der Waals surface area contributed by atoms with Gasteiger partial charge in [0.05, 0.1) is 5.56 Å². The number of hydrogen-bond acceptors (Lipinski definition) is 1. The Morgan fingerprint density at radius 1 is 1.05 bits per heavy atom. The molecule has 0 saturated heterocycles. The number of rotatable bonds is 3. The quantitative estimate of drug-likeness (QED) is 0.913. The van der Waals surface area contributed by atoms with E-state index in [1.165, 1.54) is 36.4 Å². The van der Waals surface area contributed by atoms with E-state index in [9.17, 15) is 13.6 Å². The number of aromatic carboxylic acids is 1. The van der Waals surface area contributed by atoms with Gasteiger partial charge in [0.1, 0.15) is 0 Å². The summed E-state index contributed by atoms with van der Waals surface area (Å²) >= 11 is 3.14. The van der Waals surface area contributed by atoms with Gasteiger partial charge in [-0.1, -0.05) is 40.2 Å². The number of carbonyl (C=O) groups is 1. The summed E-state index contributed by atoms with van der Waals surface area (Å²) in [6, 6.07) is 10.6. The summed E-state index contributed by atoms with van der Waals surface area (Å²) < 4.78 is 29.1. The van der Waals surface area contributed by atoms with Crippen LogP contribution in [0, 0.1) is 0 Å². The van der Waals surface area contributed by atoms with Gasteiger partial charge in [-0.3, -0.25) is 0 Å². The van der Waals surface area contributed by atoms with Gasteiger partial charge in [-0.15, -0.1) is 0 Å². The first-order valence-corrected chi connectivity index (χ1v) is 6.18. The van der Waals surface area contributed by atoms with E-state index in [0.29, 0.717) is 4.47 Å². The van der Waals surface area contributed by atoms with Crippen molar-refractivity contribution in [3.05, 3.63) is 69.7 Å². The monoisotopic (exact) mass is 326 g/mol. The van der Waals surface area contributed by atoms with Gasteiger partial charge in [0, 0.05) is 15.6 Å². The Morgan fingerprint density at radius 2 is 1.63 bits per heavy atom. The summed E-state index contributed by atoms with van der Waals surface area (Å²) in [5, 5.41) is 8.84. The lowest BCUT2D eigenvalue weighted by atomic mass is 9.99. The molecule has 2 nitrogen and oxygen atoms in total. The van der Waals surface area contributed by atoms with E-state index in [4.69, 9.17) is 5.11 Å². The van der Waals surface area contributed by atoms with Crippen LogP contribution in [0.1, 0.15) is 21.5 Å². The Hall–Kier alpha value is -1.75. The zero-order valence-electron chi connectivity index (χ0n) is 9.61. The van der Waals surface area contributed by atoms with Crippen LogP contribution in [0.4, 0.5) is 8.78 Å². The molecule has 2 aromatic carbocycles. The van der Waals surface area contributed by atoms with Crippen molar-refractivity contribution in [2.45, 2.75) is 5.92 Å². The van der Waals surface area contributed by atoms with Crippen LogP contribution >= 0.6 is 15.9 Å². The topological polar surface area (TPSA) is 37.3 Å². The Balaban J connectivity index is 2.50. The molecule has 0 saturated carbocycles. The second-order valence-electron chi connectivity index (χ2n) is 3.97. The molecule has 0 amide bonds. The third-order valence-corrected chi connectivity index (χ3v) is 3.15. The van der Waals surface area contributed by atoms with Crippen molar-refractivity contribution in [1.82, 2.24) is 0 Å². The lowest BCUT2D eigenvalue weighted by Crippen LogP contribution is -2.16. The van der Waals surface area contributed by atoms with Crippen molar-refractivity contribution in [2.75, 3.05) is 0 Å². The molecule has 0 heterocycles. The highest BCUT2D eigenvalue weighted by atomic mass is 79.9. The maximum Gasteiger partial charge on any atom is 0.335 e. The van der Waals surface area contributed by atoms with Crippen LogP contribution in [-0.2, 0) is 5.92 Å². The number of carboxylic acids is 1. The summed E-state index contributed by atoms with van der Waals surface area (Å²) in [7, 11) is 0. The molecule has 5 heteroatoms. The molecule has 2 rings (SSSR count). The average Bonchev–Trinajstić information content (AvgIpc) is 2.39. The number of benzene rings is 2. The molecule has 1 N–H and O–H groups in total. The molecule has 0 aliphatic heterocycles. The van der Waals surface area contributed by atoms with Crippen molar-refractivity contribution in [1.29, 1.82) is 0 Å². The summed E-state index contributed by atoms with van der Waals surface area (Å²) in [6.07, 6.45) is 0. The minimum Gasteiger partial charge on any atom is -0.478 e. The molecule has 0 aliphatic rings. The summed E-state index contributed by atoms with van der Waals surface area (Å²) in [5.74, 6) is -4.47. The molecule has 0 unspecified atom stereocenters. The van der Waals surface area contributed by atoms with Crippen LogP contribution in [0.15, 0.2) is 53.0 Å². The standard InChI is InChI=1S/C14H9BrF2O2/c15-12-6-2-5-11(8-12)14(16,17)10-4-1-3-9(7-10)13(18)19/h1-8H,(H,18,19). The minimum atomic E-state index is -3.24. The zero-order valence-corrected chi connectivity index (χ0v) is 11.2. The van der Waals surface area contributed by atoms with Crippen LogP contribution in [-0.4, -0.2) is 11.1 Å². The first kappa shape index (κ1) is 13.7. The molecule has 0 aromatic heterocycles. The average molecular weight is 327 g/mol. The molecule has 2 aromatic rings. The molecule has 0 radical (unpaired) electrons. The Bertz CT molecular complexity index is 626. The summed E-state index contributed by atoms with van der Waals surface area (Å²) in [6.45, 7) is 0. The lowest BCUT2D eigenvalue weighted by molar-refractivity contribution is 0.0426. The normalized spacial score (nSPS) is 11.3. The highest BCUT2D eigenvalue weighted by Gasteiger charge is 2.34. The van der Waals surface area contributed by atoms with Gasteiger partial charge in [-0.05, 0) is 24.3 Å². The molecule has 0 aliphatic carbocycles. The van der Waals surface area contributed by atoms with E-state index in [1.54, 1.807) is 6.07 Å². The van der Waals surface area contributed by atoms with E-state index >= 15 is 0 Å². The Morgan fingerprint density at radius 3 is 2.21 bits per heavy atom. The fraction of sp³-hybridized carbons (Fsp3) is 0.0714. The summed E-state index contributed by atoms with van der Waals surface area (Å²) in [5.41, 5.74) is -0.693. The first-order chi connectivity index (χ1) is 8.91.